The zero-order valence-corrected chi connectivity index (χ0v) is 11.5. The highest BCUT2D eigenvalue weighted by Gasteiger charge is 2.26. The molecular weight excluding hydrogens is 244 g/mol. The van der Waals surface area contributed by atoms with Crippen LogP contribution in [0.1, 0.15) is 31.9 Å². The summed E-state index contributed by atoms with van der Waals surface area (Å²) in [6, 6.07) is 3.83. The number of nitrogens with one attached hydrogen (secondary N) is 2. The van der Waals surface area contributed by atoms with Gasteiger partial charge >= 0.3 is 0 Å². The lowest BCUT2D eigenvalue weighted by atomic mass is 10.2. The van der Waals surface area contributed by atoms with Crippen LogP contribution in [0.4, 0.5) is 0 Å². The van der Waals surface area contributed by atoms with Gasteiger partial charge in [-0.15, -0.1) is 0 Å². The summed E-state index contributed by atoms with van der Waals surface area (Å²) >= 11 is 0. The second kappa shape index (κ2) is 6.73. The summed E-state index contributed by atoms with van der Waals surface area (Å²) in [5, 5.41) is 6.21. The monoisotopic (exact) mass is 266 g/mol. The molecule has 3 unspecified atom stereocenters. The smallest absolute Gasteiger partial charge is 0.237 e. The van der Waals surface area contributed by atoms with Gasteiger partial charge in [-0.3, -0.25) is 4.79 Å². The van der Waals surface area contributed by atoms with Gasteiger partial charge in [0.05, 0.1) is 25.0 Å². The van der Waals surface area contributed by atoms with Gasteiger partial charge < -0.3 is 19.8 Å². The van der Waals surface area contributed by atoms with Gasteiger partial charge in [-0.2, -0.15) is 0 Å². The Morgan fingerprint density at radius 1 is 1.58 bits per heavy atom. The SMILES string of the molecule is COC1CCC(NC(C)C(=O)NCc2ccco2)C1. The average Bonchev–Trinajstić information content (AvgIpc) is 3.06. The normalized spacial score (nSPS) is 24.3. The van der Waals surface area contributed by atoms with Crippen LogP contribution in [-0.4, -0.2) is 31.2 Å². The molecule has 2 rings (SSSR count). The number of methoxy groups -OCH3 is 1. The van der Waals surface area contributed by atoms with Crippen LogP contribution in [0.25, 0.3) is 0 Å². The van der Waals surface area contributed by atoms with E-state index in [1.165, 1.54) is 0 Å². The van der Waals surface area contributed by atoms with Gasteiger partial charge in [-0.25, -0.2) is 0 Å². The molecule has 1 aliphatic carbocycles. The molecule has 5 heteroatoms. The number of carbonyl (C=O) groups is 1. The standard InChI is InChI=1S/C14H22N2O3/c1-10(16-11-5-6-12(8-11)18-2)14(17)15-9-13-4-3-7-19-13/h3-4,7,10-12,16H,5-6,8-9H2,1-2H3,(H,15,17). The maximum absolute atomic E-state index is 11.9. The van der Waals surface area contributed by atoms with Crippen molar-refractivity contribution in [2.24, 2.45) is 0 Å². The summed E-state index contributed by atoms with van der Waals surface area (Å²) in [7, 11) is 1.74. The maximum atomic E-state index is 11.9. The van der Waals surface area contributed by atoms with E-state index in [0.717, 1.165) is 25.0 Å². The molecule has 2 N–H and O–H groups in total. The predicted molar refractivity (Wildman–Crippen MR) is 71.6 cm³/mol. The maximum Gasteiger partial charge on any atom is 0.237 e. The van der Waals surface area contributed by atoms with Crippen molar-refractivity contribution in [2.75, 3.05) is 7.11 Å². The fourth-order valence-corrected chi connectivity index (χ4v) is 2.48. The third-order valence-electron chi connectivity index (χ3n) is 3.61. The largest absolute Gasteiger partial charge is 0.467 e. The number of rotatable bonds is 6. The second-order valence-corrected chi connectivity index (χ2v) is 5.05. The van der Waals surface area contributed by atoms with Crippen molar-refractivity contribution in [3.8, 4) is 0 Å². The Labute approximate surface area is 113 Å². The molecule has 0 saturated heterocycles. The van der Waals surface area contributed by atoms with Crippen LogP contribution in [0, 0.1) is 0 Å². The predicted octanol–water partition coefficient (Wildman–Crippen LogP) is 1.44. The zero-order valence-electron chi connectivity index (χ0n) is 11.5. The Morgan fingerprint density at radius 3 is 3.05 bits per heavy atom. The number of ether oxygens (including phenoxy) is 1. The lowest BCUT2D eigenvalue weighted by molar-refractivity contribution is -0.123. The first-order chi connectivity index (χ1) is 9.19. The van der Waals surface area contributed by atoms with E-state index < -0.39 is 0 Å². The van der Waals surface area contributed by atoms with Crippen molar-refractivity contribution in [3.63, 3.8) is 0 Å². The van der Waals surface area contributed by atoms with E-state index in [1.807, 2.05) is 19.1 Å². The van der Waals surface area contributed by atoms with Crippen LogP contribution < -0.4 is 10.6 Å². The number of amides is 1. The first kappa shape index (κ1) is 14.1. The van der Waals surface area contributed by atoms with E-state index in [2.05, 4.69) is 10.6 Å². The number of hydrogen-bond acceptors (Lipinski definition) is 4. The lowest BCUT2D eigenvalue weighted by Gasteiger charge is -2.18. The molecule has 1 heterocycles. The Hall–Kier alpha value is -1.33. The third-order valence-corrected chi connectivity index (χ3v) is 3.61. The van der Waals surface area contributed by atoms with Crippen molar-refractivity contribution < 1.29 is 13.9 Å². The fraction of sp³-hybridized carbons (Fsp3) is 0.643. The topological polar surface area (TPSA) is 63.5 Å². The highest BCUT2D eigenvalue weighted by molar-refractivity contribution is 5.81. The van der Waals surface area contributed by atoms with Crippen LogP contribution in [0.2, 0.25) is 0 Å². The molecule has 1 saturated carbocycles. The highest BCUT2D eigenvalue weighted by Crippen LogP contribution is 2.21. The molecular formula is C14H22N2O3. The molecule has 0 bridgehead atoms. The van der Waals surface area contributed by atoms with Gasteiger partial charge in [0, 0.05) is 13.2 Å². The minimum Gasteiger partial charge on any atom is -0.467 e. The number of hydrogen-bond donors (Lipinski definition) is 2. The lowest BCUT2D eigenvalue weighted by Crippen LogP contribution is -2.45. The van der Waals surface area contributed by atoms with Crippen LogP contribution >= 0.6 is 0 Å². The quantitative estimate of drug-likeness (QED) is 0.818. The van der Waals surface area contributed by atoms with Crippen molar-refractivity contribution in [2.45, 2.75) is 50.9 Å². The van der Waals surface area contributed by atoms with Crippen LogP contribution in [0.5, 0.6) is 0 Å². The summed E-state index contributed by atoms with van der Waals surface area (Å²) in [5.74, 6) is 0.762. The van der Waals surface area contributed by atoms with Gasteiger partial charge in [0.2, 0.25) is 5.91 Å². The first-order valence-electron chi connectivity index (χ1n) is 6.78. The average molecular weight is 266 g/mol. The molecule has 19 heavy (non-hydrogen) atoms. The molecule has 3 atom stereocenters. The summed E-state index contributed by atoms with van der Waals surface area (Å²) in [4.78, 5) is 11.9. The molecule has 1 fully saturated rings. The summed E-state index contributed by atoms with van der Waals surface area (Å²) in [6.07, 6.45) is 5.04. The molecule has 0 spiro atoms. The van der Waals surface area contributed by atoms with Crippen molar-refractivity contribution in [1.29, 1.82) is 0 Å². The van der Waals surface area contributed by atoms with Crippen molar-refractivity contribution >= 4 is 5.91 Å². The van der Waals surface area contributed by atoms with E-state index in [-0.39, 0.29) is 11.9 Å². The Morgan fingerprint density at radius 2 is 2.42 bits per heavy atom. The molecule has 1 aromatic rings. The molecule has 0 aliphatic heterocycles. The summed E-state index contributed by atoms with van der Waals surface area (Å²) in [6.45, 7) is 2.32. The molecule has 1 aromatic heterocycles. The summed E-state index contributed by atoms with van der Waals surface area (Å²) < 4.78 is 10.5. The van der Waals surface area contributed by atoms with E-state index in [9.17, 15) is 4.79 Å². The van der Waals surface area contributed by atoms with Gasteiger partial charge in [-0.1, -0.05) is 0 Å². The molecule has 106 valence electrons. The molecule has 0 radical (unpaired) electrons. The minimum atomic E-state index is -0.199. The van der Waals surface area contributed by atoms with Crippen LogP contribution in [-0.2, 0) is 16.1 Å². The van der Waals surface area contributed by atoms with E-state index in [1.54, 1.807) is 13.4 Å². The third kappa shape index (κ3) is 4.08. The van der Waals surface area contributed by atoms with E-state index >= 15 is 0 Å². The van der Waals surface area contributed by atoms with Gasteiger partial charge in [0.1, 0.15) is 5.76 Å². The minimum absolute atomic E-state index is 0.00253. The first-order valence-corrected chi connectivity index (χ1v) is 6.78. The Bertz CT molecular complexity index is 391. The summed E-state index contributed by atoms with van der Waals surface area (Å²) in [5.41, 5.74) is 0. The second-order valence-electron chi connectivity index (χ2n) is 5.05. The van der Waals surface area contributed by atoms with Crippen LogP contribution in [0.3, 0.4) is 0 Å². The molecule has 1 aliphatic rings. The zero-order chi connectivity index (χ0) is 13.7. The van der Waals surface area contributed by atoms with E-state index in [0.29, 0.717) is 18.7 Å². The fourth-order valence-electron chi connectivity index (χ4n) is 2.48. The number of carbonyl (C=O) groups excluding carboxylic acids is 1. The molecule has 0 aromatic carbocycles. The van der Waals surface area contributed by atoms with E-state index in [4.69, 9.17) is 9.15 Å². The molecule has 1 amide bonds. The molecule has 5 nitrogen and oxygen atoms in total. The van der Waals surface area contributed by atoms with Crippen molar-refractivity contribution in [3.05, 3.63) is 24.2 Å². The Balaban J connectivity index is 1.70. The number of furan rings is 1. The van der Waals surface area contributed by atoms with Gasteiger partial charge in [-0.05, 0) is 38.3 Å². The Kier molecular flexibility index (Phi) is 4.99. The van der Waals surface area contributed by atoms with Gasteiger partial charge in [0.25, 0.3) is 0 Å². The highest BCUT2D eigenvalue weighted by atomic mass is 16.5. The van der Waals surface area contributed by atoms with Crippen LogP contribution in [0.15, 0.2) is 22.8 Å². The van der Waals surface area contributed by atoms with Gasteiger partial charge in [0.15, 0.2) is 0 Å². The van der Waals surface area contributed by atoms with Crippen molar-refractivity contribution in [1.82, 2.24) is 10.6 Å².